The topological polar surface area (TPSA) is 38.3 Å². The molecule has 0 radical (unpaired) electrons. The van der Waals surface area contributed by atoms with Gasteiger partial charge in [-0.2, -0.15) is 0 Å². The molecular weight excluding hydrogens is 250 g/mol. The molecule has 2 saturated carbocycles. The number of hydrogen-bond acceptors (Lipinski definition) is 2. The highest BCUT2D eigenvalue weighted by atomic mass is 16.6. The van der Waals surface area contributed by atoms with Crippen molar-refractivity contribution < 1.29 is 9.53 Å². The van der Waals surface area contributed by atoms with Crippen LogP contribution in [0.25, 0.3) is 0 Å². The van der Waals surface area contributed by atoms with Gasteiger partial charge in [0.1, 0.15) is 5.60 Å². The van der Waals surface area contributed by atoms with E-state index in [1.807, 2.05) is 34.6 Å². The average Bonchev–Trinajstić information content (AvgIpc) is 2.19. The van der Waals surface area contributed by atoms with Crippen LogP contribution in [0, 0.1) is 11.3 Å². The van der Waals surface area contributed by atoms with E-state index < -0.39 is 5.60 Å². The van der Waals surface area contributed by atoms with Gasteiger partial charge in [-0.05, 0) is 64.7 Å². The van der Waals surface area contributed by atoms with E-state index in [0.717, 1.165) is 12.8 Å². The van der Waals surface area contributed by atoms with Crippen molar-refractivity contribution in [2.75, 3.05) is 0 Å². The van der Waals surface area contributed by atoms with Crippen LogP contribution in [0.15, 0.2) is 12.2 Å². The van der Waals surface area contributed by atoms with Gasteiger partial charge >= 0.3 is 6.09 Å². The molecule has 3 nitrogen and oxygen atoms in total. The Morgan fingerprint density at radius 2 is 1.70 bits per heavy atom. The summed E-state index contributed by atoms with van der Waals surface area (Å²) in [5.74, 6) is 0.715. The molecule has 2 aliphatic carbocycles. The van der Waals surface area contributed by atoms with E-state index in [1.54, 1.807) is 0 Å². The van der Waals surface area contributed by atoms with Crippen molar-refractivity contribution in [2.24, 2.45) is 11.3 Å². The van der Waals surface area contributed by atoms with Crippen LogP contribution in [0.5, 0.6) is 0 Å². The molecule has 0 bridgehead atoms. The quantitative estimate of drug-likeness (QED) is 0.747. The first-order valence-corrected chi connectivity index (χ1v) is 7.84. The number of rotatable bonds is 2. The second kappa shape index (κ2) is 6.19. The molecule has 0 heterocycles. The molecule has 0 saturated heterocycles. The number of hydrogen-bond donors (Lipinski definition) is 1. The molecule has 1 N–H and O–H groups in total. The summed E-state index contributed by atoms with van der Waals surface area (Å²) in [5, 5.41) is 2.96. The van der Waals surface area contributed by atoms with Crippen LogP contribution < -0.4 is 5.32 Å². The predicted octanol–water partition coefficient (Wildman–Crippen LogP) is 4.67. The molecule has 0 aromatic rings. The molecule has 2 fully saturated rings. The fraction of sp³-hybridized carbons (Fsp3) is 0.824. The normalized spacial score (nSPS) is 31.3. The van der Waals surface area contributed by atoms with Crippen LogP contribution in [-0.4, -0.2) is 17.7 Å². The maximum Gasteiger partial charge on any atom is 0.407 e. The first-order chi connectivity index (χ1) is 9.19. The van der Waals surface area contributed by atoms with Crippen LogP contribution in [0.3, 0.4) is 0 Å². The third kappa shape index (κ3) is 4.26. The van der Waals surface area contributed by atoms with Gasteiger partial charge in [0.2, 0.25) is 0 Å². The van der Waals surface area contributed by atoms with Crippen LogP contribution in [-0.2, 0) is 4.74 Å². The third-order valence-electron chi connectivity index (χ3n) is 4.14. The van der Waals surface area contributed by atoms with E-state index in [9.17, 15) is 4.79 Å². The van der Waals surface area contributed by atoms with Gasteiger partial charge in [0.25, 0.3) is 0 Å². The van der Waals surface area contributed by atoms with Gasteiger partial charge in [0.15, 0.2) is 0 Å². The standard InChI is InChI=1S/C15H25NO2.C2H6/c1-10(2)11-6-15(7-11)8-12(9-15)16-13(17)18-14(3,4)5;1-2/h11-12H,1,6-9H2,2-5H3,(H,16,17);1-2H3. The summed E-state index contributed by atoms with van der Waals surface area (Å²) >= 11 is 0. The summed E-state index contributed by atoms with van der Waals surface area (Å²) in [4.78, 5) is 11.6. The smallest absolute Gasteiger partial charge is 0.407 e. The Morgan fingerprint density at radius 1 is 1.20 bits per heavy atom. The fourth-order valence-electron chi connectivity index (χ4n) is 3.23. The molecule has 116 valence electrons. The summed E-state index contributed by atoms with van der Waals surface area (Å²) in [5.41, 5.74) is 1.40. The van der Waals surface area contributed by atoms with Crippen molar-refractivity contribution in [3.8, 4) is 0 Å². The van der Waals surface area contributed by atoms with Crippen molar-refractivity contribution in [1.29, 1.82) is 0 Å². The highest BCUT2D eigenvalue weighted by molar-refractivity contribution is 5.68. The lowest BCUT2D eigenvalue weighted by Crippen LogP contribution is -2.56. The largest absolute Gasteiger partial charge is 0.444 e. The van der Waals surface area contributed by atoms with Crippen LogP contribution >= 0.6 is 0 Å². The van der Waals surface area contributed by atoms with Gasteiger partial charge in [0.05, 0.1) is 0 Å². The lowest BCUT2D eigenvalue weighted by atomic mass is 9.49. The van der Waals surface area contributed by atoms with Crippen molar-refractivity contribution in [1.82, 2.24) is 5.32 Å². The molecule has 2 rings (SSSR count). The lowest BCUT2D eigenvalue weighted by Gasteiger charge is -2.58. The third-order valence-corrected chi connectivity index (χ3v) is 4.14. The monoisotopic (exact) mass is 281 g/mol. The number of ether oxygens (including phenoxy) is 1. The number of nitrogens with one attached hydrogen (secondary N) is 1. The van der Waals surface area contributed by atoms with Gasteiger partial charge in [-0.3, -0.25) is 0 Å². The molecule has 0 aromatic carbocycles. The molecule has 3 heteroatoms. The molecule has 20 heavy (non-hydrogen) atoms. The van der Waals surface area contributed by atoms with Crippen LogP contribution in [0.2, 0.25) is 0 Å². The highest BCUT2D eigenvalue weighted by Crippen LogP contribution is 2.60. The molecule has 1 spiro atoms. The Kier molecular flexibility index (Phi) is 5.28. The number of alkyl carbamates (subject to hydrolysis) is 1. The number of allylic oxidation sites excluding steroid dienone is 1. The Hall–Kier alpha value is -0.990. The molecule has 0 unspecified atom stereocenters. The summed E-state index contributed by atoms with van der Waals surface area (Å²) < 4.78 is 5.26. The van der Waals surface area contributed by atoms with E-state index in [2.05, 4.69) is 18.8 Å². The zero-order chi connectivity index (χ0) is 15.6. The Morgan fingerprint density at radius 3 is 2.10 bits per heavy atom. The molecule has 1 amide bonds. The maximum atomic E-state index is 11.6. The fourth-order valence-corrected chi connectivity index (χ4v) is 3.23. The average molecular weight is 281 g/mol. The van der Waals surface area contributed by atoms with Crippen molar-refractivity contribution in [2.45, 2.75) is 78.9 Å². The van der Waals surface area contributed by atoms with Crippen molar-refractivity contribution >= 4 is 6.09 Å². The van der Waals surface area contributed by atoms with Crippen LogP contribution in [0.1, 0.15) is 67.2 Å². The van der Waals surface area contributed by atoms with E-state index in [4.69, 9.17) is 4.74 Å². The SMILES string of the molecule is C=C(C)C1CC2(CC(NC(=O)OC(C)(C)C)C2)C1.CC. The van der Waals surface area contributed by atoms with E-state index in [0.29, 0.717) is 17.4 Å². The van der Waals surface area contributed by atoms with Crippen molar-refractivity contribution in [3.63, 3.8) is 0 Å². The summed E-state index contributed by atoms with van der Waals surface area (Å²) in [6.45, 7) is 15.8. The van der Waals surface area contributed by atoms with Gasteiger partial charge in [-0.1, -0.05) is 26.0 Å². The first-order valence-electron chi connectivity index (χ1n) is 7.84. The number of amides is 1. The first kappa shape index (κ1) is 17.1. The maximum absolute atomic E-state index is 11.6. The minimum atomic E-state index is -0.410. The summed E-state index contributed by atoms with van der Waals surface area (Å²) in [7, 11) is 0. The van der Waals surface area contributed by atoms with Crippen molar-refractivity contribution in [3.05, 3.63) is 12.2 Å². The van der Waals surface area contributed by atoms with Crippen LogP contribution in [0.4, 0.5) is 4.79 Å². The van der Waals surface area contributed by atoms with Gasteiger partial charge in [-0.25, -0.2) is 4.79 Å². The van der Waals surface area contributed by atoms with Gasteiger partial charge in [0, 0.05) is 6.04 Å². The molecular formula is C17H31NO2. The van der Waals surface area contributed by atoms with E-state index >= 15 is 0 Å². The Bertz CT molecular complexity index is 354. The van der Waals surface area contributed by atoms with Gasteiger partial charge < -0.3 is 10.1 Å². The second-order valence-corrected chi connectivity index (χ2v) is 7.20. The molecule has 0 atom stereocenters. The van der Waals surface area contributed by atoms with E-state index in [-0.39, 0.29) is 6.09 Å². The molecule has 0 aliphatic heterocycles. The predicted molar refractivity (Wildman–Crippen MR) is 83.7 cm³/mol. The minimum absolute atomic E-state index is 0.280. The molecule has 2 aliphatic rings. The lowest BCUT2D eigenvalue weighted by molar-refractivity contribution is -0.0386. The second-order valence-electron chi connectivity index (χ2n) is 7.20. The highest BCUT2D eigenvalue weighted by Gasteiger charge is 2.53. The zero-order valence-corrected chi connectivity index (χ0v) is 14.0. The Balaban J connectivity index is 0.000000956. The number of carbonyl (C=O) groups excluding carboxylic acids is 1. The Labute approximate surface area is 124 Å². The number of carbonyl (C=O) groups is 1. The van der Waals surface area contributed by atoms with Gasteiger partial charge in [-0.15, -0.1) is 0 Å². The molecule has 0 aromatic heterocycles. The summed E-state index contributed by atoms with van der Waals surface area (Å²) in [6, 6.07) is 0.311. The van der Waals surface area contributed by atoms with E-state index in [1.165, 1.54) is 18.4 Å². The zero-order valence-electron chi connectivity index (χ0n) is 14.0. The summed E-state index contributed by atoms with van der Waals surface area (Å²) in [6.07, 6.45) is 4.45. The minimum Gasteiger partial charge on any atom is -0.444 e.